The molecule has 7 aromatic carbocycles. The molecule has 0 saturated carbocycles. The van der Waals surface area contributed by atoms with Crippen molar-refractivity contribution in [3.05, 3.63) is 186 Å². The maximum Gasteiger partial charge on any atom is 0.230 e. The number of allylic oxidation sites excluding steroid dienone is 2. The Labute approximate surface area is 326 Å². The van der Waals surface area contributed by atoms with Gasteiger partial charge in [0, 0.05) is 37.6 Å². The number of nitrogens with zero attached hydrogens (tertiary/aromatic N) is 4. The Morgan fingerprint density at radius 2 is 1.43 bits per heavy atom. The lowest BCUT2D eigenvalue weighted by atomic mass is 9.95. The molecule has 1 aromatic heterocycles. The van der Waals surface area contributed by atoms with Crippen LogP contribution >= 0.6 is 11.8 Å². The van der Waals surface area contributed by atoms with Gasteiger partial charge in [0.05, 0.1) is 51.2 Å². The smallest absolute Gasteiger partial charge is 0.230 e. The summed E-state index contributed by atoms with van der Waals surface area (Å²) in [5.41, 5.74) is 13.6. The van der Waals surface area contributed by atoms with Gasteiger partial charge < -0.3 is 5.32 Å². The highest BCUT2D eigenvalue weighted by Crippen LogP contribution is 2.51. The second-order valence-electron chi connectivity index (χ2n) is 15.1. The summed E-state index contributed by atoms with van der Waals surface area (Å²) in [6.07, 6.45) is 8.49. The number of rotatable bonds is 2. The molecule has 0 radical (unpaired) electrons. The van der Waals surface area contributed by atoms with Crippen molar-refractivity contribution in [1.82, 2.24) is 9.88 Å². The molecule has 56 heavy (non-hydrogen) atoms. The first-order valence-electron chi connectivity index (χ1n) is 19.2. The van der Waals surface area contributed by atoms with Gasteiger partial charge >= 0.3 is 0 Å². The Kier molecular flexibility index (Phi) is 6.21. The van der Waals surface area contributed by atoms with Crippen LogP contribution in [0.1, 0.15) is 28.3 Å². The van der Waals surface area contributed by atoms with E-state index in [4.69, 9.17) is 15.0 Å². The van der Waals surface area contributed by atoms with E-state index in [1.807, 2.05) is 11.8 Å². The topological polar surface area (TPSA) is 54.0 Å². The zero-order valence-corrected chi connectivity index (χ0v) is 30.8. The minimum atomic E-state index is -0.0734. The second kappa shape index (κ2) is 11.4. The fourth-order valence-corrected chi connectivity index (χ4v) is 11.0. The van der Waals surface area contributed by atoms with Crippen molar-refractivity contribution in [2.75, 3.05) is 0 Å². The third kappa shape index (κ3) is 4.19. The Balaban J connectivity index is 1.10. The van der Waals surface area contributed by atoms with Crippen LogP contribution in [0.15, 0.2) is 184 Å². The summed E-state index contributed by atoms with van der Waals surface area (Å²) in [5.74, 6) is 0.719. The summed E-state index contributed by atoms with van der Waals surface area (Å²) in [5, 5.41) is 11.1. The fraction of sp³-hybridized carbons (Fsp3) is 0.0600. The zero-order chi connectivity index (χ0) is 36.5. The van der Waals surface area contributed by atoms with Crippen molar-refractivity contribution in [2.24, 2.45) is 15.0 Å². The van der Waals surface area contributed by atoms with Gasteiger partial charge in [-0.15, -0.1) is 11.8 Å². The summed E-state index contributed by atoms with van der Waals surface area (Å²) in [7, 11) is 0. The number of hydrogen-bond donors (Lipinski definition) is 1. The number of benzene rings is 7. The van der Waals surface area contributed by atoms with Gasteiger partial charge in [-0.3, -0.25) is 4.57 Å². The van der Waals surface area contributed by atoms with Crippen LogP contribution in [0.5, 0.6) is 0 Å². The quantitative estimate of drug-likeness (QED) is 0.192. The van der Waals surface area contributed by atoms with Crippen LogP contribution in [-0.4, -0.2) is 33.2 Å². The third-order valence-electron chi connectivity index (χ3n) is 12.1. The molecule has 0 bridgehead atoms. The van der Waals surface area contributed by atoms with Crippen LogP contribution in [-0.2, 0) is 0 Å². The Morgan fingerprint density at radius 1 is 0.625 bits per heavy atom. The average molecular weight is 734 g/mol. The van der Waals surface area contributed by atoms with Gasteiger partial charge in [-0.05, 0) is 57.3 Å². The average Bonchev–Trinajstić information content (AvgIpc) is 3.91. The molecule has 262 valence electrons. The van der Waals surface area contributed by atoms with Gasteiger partial charge in [-0.1, -0.05) is 140 Å². The van der Waals surface area contributed by atoms with Crippen LogP contribution in [0.25, 0.3) is 65.9 Å². The first kappa shape index (κ1) is 30.6. The van der Waals surface area contributed by atoms with E-state index in [2.05, 4.69) is 174 Å². The zero-order valence-electron chi connectivity index (χ0n) is 30.0. The number of nitrogens with one attached hydrogen (secondary N) is 1. The lowest BCUT2D eigenvalue weighted by molar-refractivity contribution is 0.764. The first-order valence-corrected chi connectivity index (χ1v) is 20.1. The van der Waals surface area contributed by atoms with Crippen LogP contribution in [0.4, 0.5) is 0 Å². The van der Waals surface area contributed by atoms with E-state index in [1.54, 1.807) is 0 Å². The van der Waals surface area contributed by atoms with Crippen LogP contribution in [0, 0.1) is 0 Å². The van der Waals surface area contributed by atoms with Crippen LogP contribution in [0.2, 0.25) is 0 Å². The molecule has 3 atom stereocenters. The summed E-state index contributed by atoms with van der Waals surface area (Å²) < 4.78 is 2.36. The van der Waals surface area contributed by atoms with Gasteiger partial charge in [0.15, 0.2) is 0 Å². The Morgan fingerprint density at radius 3 is 2.36 bits per heavy atom. The number of thioether (sulfide) groups is 1. The minimum Gasteiger partial charge on any atom is -0.371 e. The highest BCUT2D eigenvalue weighted by molar-refractivity contribution is 8.01. The molecule has 3 aliphatic heterocycles. The molecule has 0 fully saturated rings. The first-order chi connectivity index (χ1) is 27.8. The number of fused-ring (bicyclic) bond motifs is 12. The SMILES string of the molecule is C1=CC2=NC3=C(NC2C=C1)c1cccc2c1c3cc1c3c4ccccc4ccc3n(C3=NC4c5ccccc5SC4C(c4ccc(-c5ccccc5)cc4)=N3)c21. The van der Waals surface area contributed by atoms with E-state index in [9.17, 15) is 0 Å². The molecule has 5 aliphatic rings. The molecule has 1 N–H and O–H groups in total. The lowest BCUT2D eigenvalue weighted by Gasteiger charge is -2.25. The number of aromatic nitrogens is 1. The number of hydrogen-bond acceptors (Lipinski definition) is 5. The predicted octanol–water partition coefficient (Wildman–Crippen LogP) is 11.4. The van der Waals surface area contributed by atoms with E-state index < -0.39 is 0 Å². The second-order valence-corrected chi connectivity index (χ2v) is 16.3. The van der Waals surface area contributed by atoms with Gasteiger partial charge in [0.2, 0.25) is 5.96 Å². The van der Waals surface area contributed by atoms with Crippen molar-refractivity contribution in [2.45, 2.75) is 22.2 Å². The van der Waals surface area contributed by atoms with Crippen molar-refractivity contribution < 1.29 is 0 Å². The summed E-state index contributed by atoms with van der Waals surface area (Å²) in [6, 6.07) is 50.6. The summed E-state index contributed by atoms with van der Waals surface area (Å²) in [4.78, 5) is 17.9. The molecule has 2 aliphatic carbocycles. The van der Waals surface area contributed by atoms with E-state index in [0.29, 0.717) is 0 Å². The lowest BCUT2D eigenvalue weighted by Crippen LogP contribution is -2.36. The van der Waals surface area contributed by atoms with Gasteiger partial charge in [-0.25, -0.2) is 15.0 Å². The molecular weight excluding hydrogens is 703 g/mol. The Bertz CT molecular complexity index is 3250. The van der Waals surface area contributed by atoms with Crippen molar-refractivity contribution in [3.8, 4) is 11.1 Å². The maximum atomic E-state index is 5.65. The van der Waals surface area contributed by atoms with Gasteiger partial charge in [0.1, 0.15) is 0 Å². The highest BCUT2D eigenvalue weighted by Gasteiger charge is 2.41. The molecule has 3 unspecified atom stereocenters. The monoisotopic (exact) mass is 733 g/mol. The summed E-state index contributed by atoms with van der Waals surface area (Å²) in [6.45, 7) is 0. The molecule has 0 amide bonds. The normalized spacial score (nSPS) is 20.1. The largest absolute Gasteiger partial charge is 0.371 e. The van der Waals surface area contributed by atoms with Gasteiger partial charge in [0.25, 0.3) is 0 Å². The van der Waals surface area contributed by atoms with E-state index in [0.717, 1.165) is 45.4 Å². The van der Waals surface area contributed by atoms with Crippen molar-refractivity contribution in [3.63, 3.8) is 0 Å². The van der Waals surface area contributed by atoms with Crippen molar-refractivity contribution in [1.29, 1.82) is 0 Å². The molecule has 13 rings (SSSR count). The van der Waals surface area contributed by atoms with E-state index in [-0.39, 0.29) is 17.3 Å². The summed E-state index contributed by atoms with van der Waals surface area (Å²) >= 11 is 1.88. The minimum absolute atomic E-state index is 0.0579. The predicted molar refractivity (Wildman–Crippen MR) is 234 cm³/mol. The molecule has 4 heterocycles. The Hall–Kier alpha value is -6.76. The van der Waals surface area contributed by atoms with E-state index >= 15 is 0 Å². The van der Waals surface area contributed by atoms with Crippen LogP contribution in [0.3, 0.4) is 0 Å². The van der Waals surface area contributed by atoms with Crippen molar-refractivity contribution >= 4 is 83.9 Å². The van der Waals surface area contributed by atoms with E-state index in [1.165, 1.54) is 65.0 Å². The highest BCUT2D eigenvalue weighted by atomic mass is 32.2. The molecule has 8 aromatic rings. The maximum absolute atomic E-state index is 5.65. The third-order valence-corrected chi connectivity index (χ3v) is 13.4. The molecule has 0 spiro atoms. The standard InChI is InChI=1S/C50H31N5S/c1-2-11-28(12-3-1)29-21-23-31(24-22-29)44-49-47(33-15-6-9-20-41(33)56-49)54-50(53-44)55-40-26-25-30-13-4-5-14-32(30)43(40)37-27-36-42-34(16-10-17-35(42)48(37)55)45-46(36)52-39-19-8-7-18-38(39)51-45/h1-27,38,47,49,51H. The van der Waals surface area contributed by atoms with Gasteiger partial charge in [-0.2, -0.15) is 0 Å². The number of aliphatic imine (C=N–C) groups is 3. The van der Waals surface area contributed by atoms with Crippen LogP contribution < -0.4 is 5.32 Å². The molecule has 6 heteroatoms. The molecule has 0 saturated heterocycles. The molecule has 5 nitrogen and oxygen atoms in total. The fourth-order valence-electron chi connectivity index (χ4n) is 9.59. The molecular formula is C50H31N5S.